The number of ether oxygens (including phenoxy) is 2. The summed E-state index contributed by atoms with van der Waals surface area (Å²) in [7, 11) is 0. The molecule has 110 valence electrons. The molecule has 1 aromatic carbocycles. The Bertz CT molecular complexity index is 471. The number of carbonyl (C=O) groups excluding carboxylic acids is 1. The number of rotatable bonds is 7. The number of carboxylic acid groups (broad SMARTS) is 1. The van der Waals surface area contributed by atoms with Gasteiger partial charge >= 0.3 is 11.9 Å². The van der Waals surface area contributed by atoms with Gasteiger partial charge in [-0.2, -0.15) is 0 Å². The molecule has 1 atom stereocenters. The third-order valence-corrected chi connectivity index (χ3v) is 3.38. The molecule has 0 amide bonds. The fourth-order valence-corrected chi connectivity index (χ4v) is 2.04. The molecule has 6 heteroatoms. The molecule has 5 nitrogen and oxygen atoms in total. The van der Waals surface area contributed by atoms with E-state index in [1.54, 1.807) is 38.1 Å². The molecule has 0 spiro atoms. The summed E-state index contributed by atoms with van der Waals surface area (Å²) in [5.74, 6) is -2.10. The molecule has 1 rings (SSSR count). The van der Waals surface area contributed by atoms with Crippen LogP contribution in [0.3, 0.4) is 0 Å². The number of halogens is 1. The molecule has 0 bridgehead atoms. The SMILES string of the molecule is CCOCC(C(=O)O)(C(=O)OCC)c1ccc(Br)cc1. The monoisotopic (exact) mass is 344 g/mol. The first-order valence-electron chi connectivity index (χ1n) is 6.23. The zero-order valence-electron chi connectivity index (χ0n) is 11.4. The maximum Gasteiger partial charge on any atom is 0.330 e. The zero-order valence-corrected chi connectivity index (χ0v) is 13.0. The van der Waals surface area contributed by atoms with Gasteiger partial charge in [0.15, 0.2) is 0 Å². The van der Waals surface area contributed by atoms with Crippen LogP contribution in [0.4, 0.5) is 0 Å². The summed E-state index contributed by atoms with van der Waals surface area (Å²) < 4.78 is 11.0. The lowest BCUT2D eigenvalue weighted by Crippen LogP contribution is -2.49. The largest absolute Gasteiger partial charge is 0.480 e. The van der Waals surface area contributed by atoms with E-state index in [0.717, 1.165) is 4.47 Å². The van der Waals surface area contributed by atoms with Gasteiger partial charge in [-0.25, -0.2) is 0 Å². The highest BCUT2D eigenvalue weighted by atomic mass is 79.9. The molecule has 0 saturated carbocycles. The fourth-order valence-electron chi connectivity index (χ4n) is 1.78. The Kier molecular flexibility index (Phi) is 6.16. The molecular formula is C14H17BrO5. The van der Waals surface area contributed by atoms with Gasteiger partial charge in [0.05, 0.1) is 13.2 Å². The van der Waals surface area contributed by atoms with Crippen molar-refractivity contribution >= 4 is 27.9 Å². The van der Waals surface area contributed by atoms with E-state index in [1.807, 2.05) is 0 Å². The molecule has 20 heavy (non-hydrogen) atoms. The second-order valence-electron chi connectivity index (χ2n) is 4.07. The van der Waals surface area contributed by atoms with Gasteiger partial charge in [0, 0.05) is 11.1 Å². The van der Waals surface area contributed by atoms with Crippen LogP contribution in [0.5, 0.6) is 0 Å². The minimum atomic E-state index is -1.84. The van der Waals surface area contributed by atoms with Crippen LogP contribution in [0.15, 0.2) is 28.7 Å². The van der Waals surface area contributed by atoms with E-state index in [9.17, 15) is 14.7 Å². The van der Waals surface area contributed by atoms with E-state index in [1.165, 1.54) is 0 Å². The highest BCUT2D eigenvalue weighted by Crippen LogP contribution is 2.28. The average Bonchev–Trinajstić information content (AvgIpc) is 2.41. The maximum absolute atomic E-state index is 12.2. The number of hydrogen-bond acceptors (Lipinski definition) is 4. The van der Waals surface area contributed by atoms with Crippen LogP contribution in [0, 0.1) is 0 Å². The van der Waals surface area contributed by atoms with Gasteiger partial charge in [-0.1, -0.05) is 28.1 Å². The van der Waals surface area contributed by atoms with Crippen LogP contribution in [0.25, 0.3) is 0 Å². The van der Waals surface area contributed by atoms with E-state index in [2.05, 4.69) is 15.9 Å². The third kappa shape index (κ3) is 3.37. The Labute approximate surface area is 126 Å². The molecule has 0 saturated heterocycles. The maximum atomic E-state index is 12.2. The molecule has 0 aromatic heterocycles. The molecule has 0 radical (unpaired) electrons. The number of carbonyl (C=O) groups is 2. The van der Waals surface area contributed by atoms with E-state index in [4.69, 9.17) is 9.47 Å². The van der Waals surface area contributed by atoms with E-state index < -0.39 is 17.4 Å². The topological polar surface area (TPSA) is 72.8 Å². The lowest BCUT2D eigenvalue weighted by atomic mass is 9.81. The predicted molar refractivity (Wildman–Crippen MR) is 76.6 cm³/mol. The molecule has 0 heterocycles. The molecule has 1 unspecified atom stereocenters. The smallest absolute Gasteiger partial charge is 0.330 e. The molecular weight excluding hydrogens is 328 g/mol. The molecule has 0 fully saturated rings. The van der Waals surface area contributed by atoms with Crippen LogP contribution >= 0.6 is 15.9 Å². The van der Waals surface area contributed by atoms with Crippen molar-refractivity contribution in [1.82, 2.24) is 0 Å². The fraction of sp³-hybridized carbons (Fsp3) is 0.429. The third-order valence-electron chi connectivity index (χ3n) is 2.85. The van der Waals surface area contributed by atoms with Crippen molar-refractivity contribution in [2.45, 2.75) is 19.3 Å². The van der Waals surface area contributed by atoms with Gasteiger partial charge in [0.1, 0.15) is 0 Å². The van der Waals surface area contributed by atoms with Gasteiger partial charge in [0.25, 0.3) is 0 Å². The lowest BCUT2D eigenvalue weighted by Gasteiger charge is -2.27. The first-order chi connectivity index (χ1) is 9.48. The molecule has 1 N–H and O–H groups in total. The van der Waals surface area contributed by atoms with Crippen LogP contribution in [0.2, 0.25) is 0 Å². The summed E-state index contributed by atoms with van der Waals surface area (Å²) in [6.07, 6.45) is 0. The van der Waals surface area contributed by atoms with Gasteiger partial charge < -0.3 is 14.6 Å². The van der Waals surface area contributed by atoms with Crippen molar-refractivity contribution in [1.29, 1.82) is 0 Å². The highest BCUT2D eigenvalue weighted by Gasteiger charge is 2.50. The number of hydrogen-bond donors (Lipinski definition) is 1. The number of carboxylic acids is 1. The minimum Gasteiger partial charge on any atom is -0.480 e. The van der Waals surface area contributed by atoms with Crippen molar-refractivity contribution in [3.8, 4) is 0 Å². The van der Waals surface area contributed by atoms with Gasteiger partial charge in [-0.15, -0.1) is 0 Å². The second kappa shape index (κ2) is 7.40. The van der Waals surface area contributed by atoms with Gasteiger partial charge in [0.2, 0.25) is 5.41 Å². The van der Waals surface area contributed by atoms with Crippen molar-refractivity contribution in [2.24, 2.45) is 0 Å². The van der Waals surface area contributed by atoms with Crippen molar-refractivity contribution in [3.05, 3.63) is 34.3 Å². The summed E-state index contributed by atoms with van der Waals surface area (Å²) in [6, 6.07) is 6.51. The summed E-state index contributed by atoms with van der Waals surface area (Å²) in [6.45, 7) is 3.52. The van der Waals surface area contributed by atoms with Crippen LogP contribution in [0.1, 0.15) is 19.4 Å². The normalized spacial score (nSPS) is 13.6. The first kappa shape index (κ1) is 16.7. The Balaban J connectivity index is 3.31. The summed E-state index contributed by atoms with van der Waals surface area (Å²) >= 11 is 3.27. The van der Waals surface area contributed by atoms with Crippen LogP contribution in [-0.4, -0.2) is 36.9 Å². The van der Waals surface area contributed by atoms with E-state index in [0.29, 0.717) is 12.2 Å². The Morgan fingerprint density at radius 1 is 1.20 bits per heavy atom. The number of aliphatic carboxylic acids is 1. The van der Waals surface area contributed by atoms with Crippen LogP contribution in [-0.2, 0) is 24.5 Å². The highest BCUT2D eigenvalue weighted by molar-refractivity contribution is 9.10. The zero-order chi connectivity index (χ0) is 15.2. The standard InChI is InChI=1S/C14H17BrO5/c1-3-19-9-14(12(16)17,13(18)20-4-2)10-5-7-11(15)8-6-10/h5-8H,3-4,9H2,1-2H3,(H,16,17). The van der Waals surface area contributed by atoms with E-state index >= 15 is 0 Å². The minimum absolute atomic E-state index is 0.108. The van der Waals surface area contributed by atoms with Crippen LogP contribution < -0.4 is 0 Å². The summed E-state index contributed by atoms with van der Waals surface area (Å²) in [4.78, 5) is 23.9. The Morgan fingerprint density at radius 3 is 2.25 bits per heavy atom. The molecule has 0 aliphatic rings. The lowest BCUT2D eigenvalue weighted by molar-refractivity contribution is -0.165. The molecule has 1 aromatic rings. The van der Waals surface area contributed by atoms with E-state index in [-0.39, 0.29) is 13.2 Å². The van der Waals surface area contributed by atoms with Crippen molar-refractivity contribution in [3.63, 3.8) is 0 Å². The number of esters is 1. The van der Waals surface area contributed by atoms with Crippen molar-refractivity contribution in [2.75, 3.05) is 19.8 Å². The predicted octanol–water partition coefficient (Wildman–Crippen LogP) is 2.37. The van der Waals surface area contributed by atoms with Gasteiger partial charge in [-0.3, -0.25) is 9.59 Å². The molecule has 0 aliphatic carbocycles. The first-order valence-corrected chi connectivity index (χ1v) is 7.02. The van der Waals surface area contributed by atoms with Gasteiger partial charge in [-0.05, 0) is 31.5 Å². The van der Waals surface area contributed by atoms with Crippen molar-refractivity contribution < 1.29 is 24.2 Å². The summed E-state index contributed by atoms with van der Waals surface area (Å²) in [5.41, 5.74) is -1.51. The Hall–Kier alpha value is -1.40. The average molecular weight is 345 g/mol. The molecule has 0 aliphatic heterocycles. The second-order valence-corrected chi connectivity index (χ2v) is 4.99. The summed E-state index contributed by atoms with van der Waals surface area (Å²) in [5, 5.41) is 9.58. The Morgan fingerprint density at radius 2 is 1.80 bits per heavy atom. The number of benzene rings is 1. The quantitative estimate of drug-likeness (QED) is 0.607.